The largest absolute Gasteiger partial charge is 0.497 e. The van der Waals surface area contributed by atoms with Gasteiger partial charge in [0.2, 0.25) is 0 Å². The molecule has 2 aromatic rings. The summed E-state index contributed by atoms with van der Waals surface area (Å²) in [5.41, 5.74) is 2.04. The second kappa shape index (κ2) is 5.76. The van der Waals surface area contributed by atoms with Crippen LogP contribution in [0.15, 0.2) is 18.2 Å². The smallest absolute Gasteiger partial charge is 0.143 e. The Morgan fingerprint density at radius 2 is 2.00 bits per heavy atom. The minimum absolute atomic E-state index is 0.410. The molecule has 4 nitrogen and oxygen atoms in total. The quantitative estimate of drug-likeness (QED) is 0.810. The highest BCUT2D eigenvalue weighted by Gasteiger charge is 2.28. The molecule has 1 aromatic heterocycles. The Balaban J connectivity index is 2.18. The Morgan fingerprint density at radius 3 is 2.62 bits per heavy atom. The maximum atomic E-state index is 6.15. The third-order valence-corrected chi connectivity index (χ3v) is 4.64. The van der Waals surface area contributed by atoms with Gasteiger partial charge in [-0.2, -0.15) is 0 Å². The molecule has 21 heavy (non-hydrogen) atoms. The van der Waals surface area contributed by atoms with Gasteiger partial charge in [-0.3, -0.25) is 0 Å². The number of nitrogens with zero attached hydrogens (tertiary/aromatic N) is 3. The van der Waals surface area contributed by atoms with Gasteiger partial charge in [-0.25, -0.2) is 9.66 Å². The second-order valence-corrected chi connectivity index (χ2v) is 6.10. The van der Waals surface area contributed by atoms with E-state index in [0.29, 0.717) is 18.0 Å². The van der Waals surface area contributed by atoms with Gasteiger partial charge in [0, 0.05) is 18.2 Å². The van der Waals surface area contributed by atoms with Gasteiger partial charge in [0.15, 0.2) is 0 Å². The van der Waals surface area contributed by atoms with Crippen LogP contribution in [0.5, 0.6) is 5.75 Å². The molecule has 0 spiro atoms. The molecule has 0 amide bonds. The van der Waals surface area contributed by atoms with Crippen LogP contribution in [0.3, 0.4) is 0 Å². The van der Waals surface area contributed by atoms with Gasteiger partial charge in [0.05, 0.1) is 24.0 Å². The molecule has 1 aliphatic rings. The molecular formula is C16H22ClN3O. The van der Waals surface area contributed by atoms with Gasteiger partial charge in [0.1, 0.15) is 11.6 Å². The predicted molar refractivity (Wildman–Crippen MR) is 86.8 cm³/mol. The van der Waals surface area contributed by atoms with Crippen LogP contribution in [-0.2, 0) is 5.88 Å². The second-order valence-electron chi connectivity index (χ2n) is 5.84. The number of rotatable bonds is 3. The van der Waals surface area contributed by atoms with Crippen LogP contribution in [0.1, 0.15) is 38.9 Å². The number of aromatic nitrogens is 2. The van der Waals surface area contributed by atoms with Crippen molar-refractivity contribution in [2.75, 3.05) is 12.1 Å². The zero-order chi connectivity index (χ0) is 15.0. The summed E-state index contributed by atoms with van der Waals surface area (Å²) >= 11 is 6.15. The molecule has 2 unspecified atom stereocenters. The zero-order valence-electron chi connectivity index (χ0n) is 12.8. The van der Waals surface area contributed by atoms with E-state index in [0.717, 1.165) is 22.6 Å². The Hall–Kier alpha value is -1.42. The zero-order valence-corrected chi connectivity index (χ0v) is 13.6. The number of alkyl halides is 1. The number of piperidine rings is 1. The van der Waals surface area contributed by atoms with Gasteiger partial charge >= 0.3 is 0 Å². The van der Waals surface area contributed by atoms with E-state index in [4.69, 9.17) is 16.3 Å². The van der Waals surface area contributed by atoms with E-state index >= 15 is 0 Å². The predicted octanol–water partition coefficient (Wildman–Crippen LogP) is 3.68. The van der Waals surface area contributed by atoms with E-state index in [-0.39, 0.29) is 0 Å². The monoisotopic (exact) mass is 307 g/mol. The number of hydrogen-bond acceptors (Lipinski definition) is 3. The van der Waals surface area contributed by atoms with Crippen molar-refractivity contribution in [1.82, 2.24) is 9.66 Å². The summed E-state index contributed by atoms with van der Waals surface area (Å²) in [5, 5.41) is 2.43. The molecule has 2 atom stereocenters. The van der Waals surface area contributed by atoms with Crippen molar-refractivity contribution in [2.24, 2.45) is 0 Å². The van der Waals surface area contributed by atoms with Gasteiger partial charge in [0.25, 0.3) is 0 Å². The lowest BCUT2D eigenvalue weighted by molar-refractivity contribution is 0.337. The molecule has 114 valence electrons. The average Bonchev–Trinajstić information content (AvgIpc) is 2.85. The SMILES string of the molecule is COc1ccc2nc(CCl)n(N3C(C)CCCC3C)c2c1. The molecular weight excluding hydrogens is 286 g/mol. The number of ether oxygens (including phenoxy) is 1. The fourth-order valence-corrected chi connectivity index (χ4v) is 3.54. The van der Waals surface area contributed by atoms with Gasteiger partial charge in [-0.1, -0.05) is 0 Å². The molecule has 0 aliphatic carbocycles. The summed E-state index contributed by atoms with van der Waals surface area (Å²) in [6.45, 7) is 4.55. The molecule has 1 aromatic carbocycles. The Bertz CT molecular complexity index is 630. The van der Waals surface area contributed by atoms with Gasteiger partial charge in [-0.05, 0) is 45.2 Å². The number of benzene rings is 1. The van der Waals surface area contributed by atoms with Crippen LogP contribution in [0.25, 0.3) is 11.0 Å². The van der Waals surface area contributed by atoms with Crippen molar-refractivity contribution >= 4 is 22.6 Å². The number of halogens is 1. The molecule has 3 rings (SSSR count). The third-order valence-electron chi connectivity index (χ3n) is 4.40. The summed E-state index contributed by atoms with van der Waals surface area (Å²) in [4.78, 5) is 4.68. The molecule has 0 saturated carbocycles. The Kier molecular flexibility index (Phi) is 3.98. The highest BCUT2D eigenvalue weighted by atomic mass is 35.5. The lowest BCUT2D eigenvalue weighted by atomic mass is 10.00. The van der Waals surface area contributed by atoms with Crippen LogP contribution in [0.2, 0.25) is 0 Å². The van der Waals surface area contributed by atoms with Crippen LogP contribution in [-0.4, -0.2) is 28.9 Å². The molecule has 0 bridgehead atoms. The minimum atomic E-state index is 0.410. The standard InChI is InChI=1S/C16H22ClN3O/c1-11-5-4-6-12(2)19(11)20-15-9-13(21-3)7-8-14(15)18-16(20)10-17/h7-9,11-12H,4-6,10H2,1-3H3. The van der Waals surface area contributed by atoms with Crippen molar-refractivity contribution in [3.8, 4) is 5.75 Å². The van der Waals surface area contributed by atoms with E-state index in [9.17, 15) is 0 Å². The van der Waals surface area contributed by atoms with E-state index in [1.165, 1.54) is 19.3 Å². The summed E-state index contributed by atoms with van der Waals surface area (Å²) in [6, 6.07) is 6.96. The average molecular weight is 308 g/mol. The number of methoxy groups -OCH3 is 1. The highest BCUT2D eigenvalue weighted by Crippen LogP contribution is 2.28. The van der Waals surface area contributed by atoms with Crippen LogP contribution >= 0.6 is 11.6 Å². The fourth-order valence-electron chi connectivity index (χ4n) is 3.37. The summed E-state index contributed by atoms with van der Waals surface area (Å²) in [6.07, 6.45) is 3.69. The van der Waals surface area contributed by atoms with E-state index in [1.807, 2.05) is 18.2 Å². The third kappa shape index (κ3) is 2.46. The minimum Gasteiger partial charge on any atom is -0.497 e. The van der Waals surface area contributed by atoms with Gasteiger partial charge in [-0.15, -0.1) is 11.6 Å². The lowest BCUT2D eigenvalue weighted by Crippen LogP contribution is -2.51. The molecule has 1 fully saturated rings. The Morgan fingerprint density at radius 1 is 1.29 bits per heavy atom. The molecule has 1 saturated heterocycles. The fraction of sp³-hybridized carbons (Fsp3) is 0.562. The van der Waals surface area contributed by atoms with Crippen LogP contribution < -0.4 is 9.75 Å². The first-order chi connectivity index (χ1) is 10.2. The van der Waals surface area contributed by atoms with Crippen molar-refractivity contribution < 1.29 is 4.74 Å². The summed E-state index contributed by atoms with van der Waals surface area (Å²) in [5.74, 6) is 2.16. The summed E-state index contributed by atoms with van der Waals surface area (Å²) in [7, 11) is 1.69. The van der Waals surface area contributed by atoms with Crippen LogP contribution in [0.4, 0.5) is 0 Å². The molecule has 5 heteroatoms. The van der Waals surface area contributed by atoms with Crippen molar-refractivity contribution in [3.05, 3.63) is 24.0 Å². The van der Waals surface area contributed by atoms with Gasteiger partial charge < -0.3 is 9.75 Å². The molecule has 0 N–H and O–H groups in total. The summed E-state index contributed by atoms with van der Waals surface area (Å²) < 4.78 is 7.58. The highest BCUT2D eigenvalue weighted by molar-refractivity contribution is 6.16. The first-order valence-corrected chi connectivity index (χ1v) is 8.09. The first kappa shape index (κ1) is 14.5. The van der Waals surface area contributed by atoms with Crippen molar-refractivity contribution in [2.45, 2.75) is 51.1 Å². The first-order valence-electron chi connectivity index (χ1n) is 7.55. The van der Waals surface area contributed by atoms with E-state index < -0.39 is 0 Å². The lowest BCUT2D eigenvalue weighted by Gasteiger charge is -2.42. The molecule has 1 aliphatic heterocycles. The number of fused-ring (bicyclic) bond motifs is 1. The van der Waals surface area contributed by atoms with Crippen molar-refractivity contribution in [3.63, 3.8) is 0 Å². The van der Waals surface area contributed by atoms with E-state index in [2.05, 4.69) is 28.5 Å². The topological polar surface area (TPSA) is 30.3 Å². The van der Waals surface area contributed by atoms with Crippen molar-refractivity contribution in [1.29, 1.82) is 0 Å². The van der Waals surface area contributed by atoms with E-state index in [1.54, 1.807) is 7.11 Å². The molecule has 2 heterocycles. The number of imidazole rings is 1. The maximum Gasteiger partial charge on any atom is 0.143 e. The van der Waals surface area contributed by atoms with Crippen LogP contribution in [0, 0.1) is 0 Å². The normalized spacial score (nSPS) is 22.8. The molecule has 0 radical (unpaired) electrons. The Labute approximate surface area is 130 Å². The number of hydrogen-bond donors (Lipinski definition) is 0. The maximum absolute atomic E-state index is 6.15.